The van der Waals surface area contributed by atoms with E-state index in [2.05, 4.69) is 34.7 Å². The van der Waals surface area contributed by atoms with Crippen molar-refractivity contribution in [2.45, 2.75) is 31.1 Å². The summed E-state index contributed by atoms with van der Waals surface area (Å²) in [6.45, 7) is 6.45. The quantitative estimate of drug-likeness (QED) is 0.320. The molecule has 154 valence electrons. The number of rotatable bonds is 8. The predicted octanol–water partition coefficient (Wildman–Crippen LogP) is 3.61. The lowest BCUT2D eigenvalue weighted by atomic mass is 10.0. The minimum Gasteiger partial charge on any atom is -0.357 e. The summed E-state index contributed by atoms with van der Waals surface area (Å²) in [5.74, 6) is 1.15. The topological polar surface area (TPSA) is 70.6 Å². The number of sulfone groups is 1. The lowest BCUT2D eigenvalue weighted by molar-refractivity contribution is 0.602. The maximum atomic E-state index is 11.5. The third-order valence-electron chi connectivity index (χ3n) is 4.29. The Morgan fingerprint density at radius 1 is 1.04 bits per heavy atom. The van der Waals surface area contributed by atoms with Gasteiger partial charge in [0.2, 0.25) is 0 Å². The minimum absolute atomic E-state index is 0. The molecule has 0 heterocycles. The van der Waals surface area contributed by atoms with E-state index in [1.807, 2.05) is 37.3 Å². The molecule has 7 heteroatoms. The van der Waals surface area contributed by atoms with Crippen molar-refractivity contribution in [3.8, 4) is 0 Å². The first-order valence-electron chi connectivity index (χ1n) is 9.26. The summed E-state index contributed by atoms with van der Waals surface area (Å²) >= 11 is 0. The molecule has 0 aliphatic carbocycles. The summed E-state index contributed by atoms with van der Waals surface area (Å²) in [7, 11) is -3.14. The van der Waals surface area contributed by atoms with E-state index in [0.717, 1.165) is 31.0 Å². The molecule has 0 radical (unpaired) electrons. The molecular formula is C21H30IN3O2S. The van der Waals surface area contributed by atoms with Gasteiger partial charge in [-0.2, -0.15) is 0 Å². The van der Waals surface area contributed by atoms with Crippen LogP contribution in [0.5, 0.6) is 0 Å². The van der Waals surface area contributed by atoms with Gasteiger partial charge >= 0.3 is 0 Å². The van der Waals surface area contributed by atoms with Crippen molar-refractivity contribution < 1.29 is 8.42 Å². The summed E-state index contributed by atoms with van der Waals surface area (Å²) in [4.78, 5) is 5.03. The van der Waals surface area contributed by atoms with E-state index in [1.54, 1.807) is 12.1 Å². The van der Waals surface area contributed by atoms with Gasteiger partial charge in [-0.1, -0.05) is 49.4 Å². The fraction of sp³-hybridized carbons (Fsp3) is 0.381. The van der Waals surface area contributed by atoms with Crippen molar-refractivity contribution in [2.24, 2.45) is 4.99 Å². The standard InChI is InChI=1S/C21H29N3O2S.HI/c1-4-22-21(24-16-17(2)19-8-6-5-7-9-19)23-15-14-18-10-12-20(13-11-18)27(3,25)26;/h5-13,17H,4,14-16H2,1-3H3,(H2,22,23,24);1H. The van der Waals surface area contributed by atoms with E-state index in [9.17, 15) is 8.42 Å². The first-order valence-corrected chi connectivity index (χ1v) is 11.2. The second-order valence-corrected chi connectivity index (χ2v) is 8.64. The Bertz CT molecular complexity index is 838. The molecule has 0 aliphatic heterocycles. The smallest absolute Gasteiger partial charge is 0.191 e. The average molecular weight is 515 g/mol. The highest BCUT2D eigenvalue weighted by atomic mass is 127. The van der Waals surface area contributed by atoms with E-state index in [4.69, 9.17) is 0 Å². The van der Waals surface area contributed by atoms with E-state index in [0.29, 0.717) is 17.4 Å². The SMILES string of the molecule is CCNC(=NCC(C)c1ccccc1)NCCc1ccc(S(C)(=O)=O)cc1.I. The zero-order valence-electron chi connectivity index (χ0n) is 16.7. The van der Waals surface area contributed by atoms with Gasteiger partial charge in [0.15, 0.2) is 15.8 Å². The molecule has 0 aliphatic rings. The van der Waals surface area contributed by atoms with Crippen molar-refractivity contribution in [2.75, 3.05) is 25.9 Å². The molecular weight excluding hydrogens is 485 g/mol. The molecule has 2 rings (SSSR count). The van der Waals surface area contributed by atoms with Crippen molar-refractivity contribution in [1.82, 2.24) is 10.6 Å². The summed E-state index contributed by atoms with van der Waals surface area (Å²) in [6.07, 6.45) is 2.02. The van der Waals surface area contributed by atoms with Crippen LogP contribution in [0.3, 0.4) is 0 Å². The number of nitrogens with zero attached hydrogens (tertiary/aromatic N) is 1. The van der Waals surface area contributed by atoms with E-state index in [1.165, 1.54) is 11.8 Å². The number of halogens is 1. The molecule has 0 saturated carbocycles. The Labute approximate surface area is 186 Å². The lowest BCUT2D eigenvalue weighted by Crippen LogP contribution is -2.38. The van der Waals surface area contributed by atoms with Crippen LogP contribution in [-0.4, -0.2) is 40.3 Å². The summed E-state index contributed by atoms with van der Waals surface area (Å²) in [5.41, 5.74) is 2.37. The van der Waals surface area contributed by atoms with Gasteiger partial charge in [-0.3, -0.25) is 4.99 Å². The zero-order chi connectivity index (χ0) is 19.7. The minimum atomic E-state index is -3.14. The number of hydrogen-bond donors (Lipinski definition) is 2. The average Bonchev–Trinajstić information content (AvgIpc) is 2.66. The van der Waals surface area contributed by atoms with Gasteiger partial charge in [0, 0.05) is 31.8 Å². The normalized spacial score (nSPS) is 12.8. The first kappa shape index (κ1) is 24.4. The largest absolute Gasteiger partial charge is 0.357 e. The molecule has 5 nitrogen and oxygen atoms in total. The van der Waals surface area contributed by atoms with Crippen LogP contribution in [0.15, 0.2) is 64.5 Å². The summed E-state index contributed by atoms with van der Waals surface area (Å²) < 4.78 is 23.0. The van der Waals surface area contributed by atoms with Crippen molar-refractivity contribution in [3.63, 3.8) is 0 Å². The van der Waals surface area contributed by atoms with E-state index >= 15 is 0 Å². The maximum Gasteiger partial charge on any atom is 0.191 e. The van der Waals surface area contributed by atoms with Crippen LogP contribution < -0.4 is 10.6 Å². The summed E-state index contributed by atoms with van der Waals surface area (Å²) in [5, 5.41) is 6.61. The second kappa shape index (κ2) is 12.1. The molecule has 2 aromatic carbocycles. The van der Waals surface area contributed by atoms with Crippen molar-refractivity contribution in [1.29, 1.82) is 0 Å². The number of benzene rings is 2. The van der Waals surface area contributed by atoms with Crippen molar-refractivity contribution >= 4 is 39.8 Å². The predicted molar refractivity (Wildman–Crippen MR) is 128 cm³/mol. The van der Waals surface area contributed by atoms with Gasteiger partial charge in [-0.25, -0.2) is 8.42 Å². The van der Waals surface area contributed by atoms with Crippen LogP contribution in [0.2, 0.25) is 0 Å². The molecule has 0 aromatic heterocycles. The third-order valence-corrected chi connectivity index (χ3v) is 5.42. The van der Waals surface area contributed by atoms with E-state index in [-0.39, 0.29) is 24.0 Å². The Morgan fingerprint density at radius 3 is 2.25 bits per heavy atom. The fourth-order valence-corrected chi connectivity index (χ4v) is 3.32. The molecule has 0 saturated heterocycles. The molecule has 28 heavy (non-hydrogen) atoms. The van der Waals surface area contributed by atoms with Gasteiger partial charge in [0.1, 0.15) is 0 Å². The van der Waals surface area contributed by atoms with Crippen LogP contribution >= 0.6 is 24.0 Å². The third kappa shape index (κ3) is 8.18. The maximum absolute atomic E-state index is 11.5. The second-order valence-electron chi connectivity index (χ2n) is 6.62. The first-order chi connectivity index (χ1) is 12.9. The Hall–Kier alpha value is -1.61. The monoisotopic (exact) mass is 515 g/mol. The summed E-state index contributed by atoms with van der Waals surface area (Å²) in [6, 6.07) is 17.4. The van der Waals surface area contributed by atoms with Gasteiger partial charge in [0.25, 0.3) is 0 Å². The molecule has 2 N–H and O–H groups in total. The highest BCUT2D eigenvalue weighted by Gasteiger charge is 2.07. The number of aliphatic imine (C=N–C) groups is 1. The molecule has 0 fully saturated rings. The highest BCUT2D eigenvalue weighted by molar-refractivity contribution is 14.0. The van der Waals surface area contributed by atoms with Crippen LogP contribution in [0.1, 0.15) is 30.9 Å². The molecule has 1 atom stereocenters. The highest BCUT2D eigenvalue weighted by Crippen LogP contribution is 2.14. The Balaban J connectivity index is 0.00000392. The van der Waals surface area contributed by atoms with Gasteiger partial charge in [-0.15, -0.1) is 24.0 Å². The Morgan fingerprint density at radius 2 is 1.68 bits per heavy atom. The molecule has 1 unspecified atom stereocenters. The van der Waals surface area contributed by atoms with Crippen LogP contribution in [-0.2, 0) is 16.3 Å². The van der Waals surface area contributed by atoms with Crippen LogP contribution in [0.4, 0.5) is 0 Å². The lowest BCUT2D eigenvalue weighted by Gasteiger charge is -2.14. The number of hydrogen-bond acceptors (Lipinski definition) is 3. The van der Waals surface area contributed by atoms with Gasteiger partial charge in [-0.05, 0) is 36.6 Å². The molecule has 0 bridgehead atoms. The number of nitrogens with one attached hydrogen (secondary N) is 2. The number of guanidine groups is 1. The zero-order valence-corrected chi connectivity index (χ0v) is 19.8. The van der Waals surface area contributed by atoms with Gasteiger partial charge in [0.05, 0.1) is 4.90 Å². The Kier molecular flexibility index (Phi) is 10.5. The molecule has 2 aromatic rings. The van der Waals surface area contributed by atoms with Crippen molar-refractivity contribution in [3.05, 3.63) is 65.7 Å². The molecule has 0 amide bonds. The van der Waals surface area contributed by atoms with E-state index < -0.39 is 9.84 Å². The van der Waals surface area contributed by atoms with Crippen LogP contribution in [0.25, 0.3) is 0 Å². The van der Waals surface area contributed by atoms with Gasteiger partial charge < -0.3 is 10.6 Å². The van der Waals surface area contributed by atoms with Crippen LogP contribution in [0, 0.1) is 0 Å². The molecule has 0 spiro atoms. The fourth-order valence-electron chi connectivity index (χ4n) is 2.69.